The van der Waals surface area contributed by atoms with Gasteiger partial charge in [0, 0.05) is 12.6 Å². The molecule has 6 nitrogen and oxygen atoms in total. The van der Waals surface area contributed by atoms with Gasteiger partial charge in [-0.2, -0.15) is 13.2 Å². The van der Waals surface area contributed by atoms with Crippen molar-refractivity contribution in [3.63, 3.8) is 0 Å². The predicted octanol–water partition coefficient (Wildman–Crippen LogP) is 0.907. The zero-order valence-electron chi connectivity index (χ0n) is 9.61. The second kappa shape index (κ2) is 5.80. The number of alkyl halides is 3. The quantitative estimate of drug-likeness (QED) is 0.800. The van der Waals surface area contributed by atoms with E-state index in [1.54, 1.807) is 0 Å². The van der Waals surface area contributed by atoms with Crippen molar-refractivity contribution in [1.82, 2.24) is 20.3 Å². The molecule has 1 aromatic heterocycles. The summed E-state index contributed by atoms with van der Waals surface area (Å²) in [6.45, 7) is 1.93. The second-order valence-corrected chi connectivity index (χ2v) is 3.85. The number of nitrogens with one attached hydrogen (secondary N) is 1. The van der Waals surface area contributed by atoms with E-state index in [2.05, 4.69) is 15.6 Å². The summed E-state index contributed by atoms with van der Waals surface area (Å²) in [5.74, 6) is -1.19. The van der Waals surface area contributed by atoms with Crippen molar-refractivity contribution >= 4 is 5.97 Å². The lowest BCUT2D eigenvalue weighted by Crippen LogP contribution is -2.33. The van der Waals surface area contributed by atoms with Crippen LogP contribution in [0.2, 0.25) is 0 Å². The first kappa shape index (κ1) is 14.4. The first-order valence-electron chi connectivity index (χ1n) is 5.21. The largest absolute Gasteiger partial charge is 0.476 e. The number of rotatable bonds is 6. The summed E-state index contributed by atoms with van der Waals surface area (Å²) in [5.41, 5.74) is -0.196. The molecule has 1 atom stereocenters. The molecule has 18 heavy (non-hydrogen) atoms. The monoisotopic (exact) mass is 266 g/mol. The minimum atomic E-state index is -4.20. The van der Waals surface area contributed by atoms with Gasteiger partial charge in [0.25, 0.3) is 0 Å². The molecule has 2 N–H and O–H groups in total. The van der Waals surface area contributed by atoms with Gasteiger partial charge in [0.2, 0.25) is 0 Å². The Hall–Kier alpha value is -1.64. The number of halogens is 3. The Kier molecular flexibility index (Phi) is 4.65. The Morgan fingerprint density at radius 1 is 1.61 bits per heavy atom. The third-order valence-electron chi connectivity index (χ3n) is 2.13. The Morgan fingerprint density at radius 2 is 2.28 bits per heavy atom. The molecule has 0 aliphatic carbocycles. The van der Waals surface area contributed by atoms with Crippen molar-refractivity contribution in [2.45, 2.75) is 32.1 Å². The lowest BCUT2D eigenvalue weighted by molar-refractivity contribution is -0.139. The third kappa shape index (κ3) is 5.13. The van der Waals surface area contributed by atoms with Crippen LogP contribution < -0.4 is 5.32 Å². The van der Waals surface area contributed by atoms with Crippen molar-refractivity contribution in [2.24, 2.45) is 0 Å². The minimum absolute atomic E-state index is 0.196. The fraction of sp³-hybridized carbons (Fsp3) is 0.667. The molecule has 102 valence electrons. The van der Waals surface area contributed by atoms with Crippen molar-refractivity contribution in [3.8, 4) is 0 Å². The highest BCUT2D eigenvalue weighted by Crippen LogP contribution is 2.21. The normalized spacial score (nSPS) is 13.6. The smallest absolute Gasteiger partial charge is 0.390 e. The van der Waals surface area contributed by atoms with Crippen LogP contribution in [0.3, 0.4) is 0 Å². The van der Waals surface area contributed by atoms with Crippen LogP contribution in [-0.2, 0) is 6.54 Å². The maximum absolute atomic E-state index is 12.0. The second-order valence-electron chi connectivity index (χ2n) is 3.85. The lowest BCUT2D eigenvalue weighted by atomic mass is 10.2. The molecule has 0 aliphatic heterocycles. The van der Waals surface area contributed by atoms with Crippen molar-refractivity contribution in [1.29, 1.82) is 0 Å². The first-order valence-corrected chi connectivity index (χ1v) is 5.21. The Labute approximate surface area is 101 Å². The number of aromatic nitrogens is 3. The molecule has 0 spiro atoms. The fourth-order valence-electron chi connectivity index (χ4n) is 1.35. The van der Waals surface area contributed by atoms with Crippen LogP contribution in [0.1, 0.15) is 23.8 Å². The summed E-state index contributed by atoms with van der Waals surface area (Å²) in [4.78, 5) is 10.5. The van der Waals surface area contributed by atoms with Gasteiger partial charge in [0.1, 0.15) is 0 Å². The molecular formula is C9H13F3N4O2. The Balaban J connectivity index is 2.31. The summed E-state index contributed by atoms with van der Waals surface area (Å²) >= 11 is 0. The number of carbonyl (C=O) groups is 1. The van der Waals surface area contributed by atoms with Gasteiger partial charge in [-0.3, -0.25) is 4.68 Å². The summed E-state index contributed by atoms with van der Waals surface area (Å²) < 4.78 is 37.3. The zero-order valence-corrected chi connectivity index (χ0v) is 9.61. The van der Waals surface area contributed by atoms with E-state index in [-0.39, 0.29) is 18.8 Å². The average molecular weight is 266 g/mol. The molecule has 1 unspecified atom stereocenters. The van der Waals surface area contributed by atoms with Gasteiger partial charge in [-0.1, -0.05) is 5.21 Å². The van der Waals surface area contributed by atoms with Crippen LogP contribution in [0, 0.1) is 0 Å². The van der Waals surface area contributed by atoms with Crippen LogP contribution >= 0.6 is 0 Å². The van der Waals surface area contributed by atoms with Crippen molar-refractivity contribution in [3.05, 3.63) is 11.9 Å². The van der Waals surface area contributed by atoms with Gasteiger partial charge in [0.05, 0.1) is 19.2 Å². The van der Waals surface area contributed by atoms with Gasteiger partial charge in [-0.25, -0.2) is 4.79 Å². The van der Waals surface area contributed by atoms with Gasteiger partial charge >= 0.3 is 12.1 Å². The molecule has 9 heteroatoms. The summed E-state index contributed by atoms with van der Waals surface area (Å²) in [6, 6.07) is -0.701. The molecule has 1 rings (SSSR count). The van der Waals surface area contributed by atoms with E-state index >= 15 is 0 Å². The maximum Gasteiger partial charge on any atom is 0.390 e. The molecule has 0 saturated carbocycles. The van der Waals surface area contributed by atoms with Crippen LogP contribution in [0.25, 0.3) is 0 Å². The van der Waals surface area contributed by atoms with Crippen LogP contribution in [0.4, 0.5) is 13.2 Å². The Morgan fingerprint density at radius 3 is 2.78 bits per heavy atom. The van der Waals surface area contributed by atoms with E-state index in [4.69, 9.17) is 5.11 Å². The average Bonchev–Trinajstić information content (AvgIpc) is 2.63. The topological polar surface area (TPSA) is 80.0 Å². The van der Waals surface area contributed by atoms with E-state index < -0.39 is 24.6 Å². The molecule has 0 saturated heterocycles. The van der Waals surface area contributed by atoms with Gasteiger partial charge < -0.3 is 10.4 Å². The Bertz CT molecular complexity index is 405. The standard InChI is InChI=1S/C9H13F3N4O2/c1-6(4-9(10,11)12)13-2-3-16-5-7(8(17)18)14-15-16/h5-6,13H,2-4H2,1H3,(H,17,18). The number of carboxylic acid groups (broad SMARTS) is 1. The van der Waals surface area contributed by atoms with Crippen molar-refractivity contribution in [2.75, 3.05) is 6.54 Å². The number of hydrogen-bond donors (Lipinski definition) is 2. The summed E-state index contributed by atoms with van der Waals surface area (Å²) in [5, 5.41) is 18.2. The van der Waals surface area contributed by atoms with Crippen LogP contribution in [0.15, 0.2) is 6.20 Å². The third-order valence-corrected chi connectivity index (χ3v) is 2.13. The van der Waals surface area contributed by atoms with Gasteiger partial charge in [-0.15, -0.1) is 5.10 Å². The highest BCUT2D eigenvalue weighted by atomic mass is 19.4. The molecule has 0 amide bonds. The zero-order chi connectivity index (χ0) is 13.8. The number of hydrogen-bond acceptors (Lipinski definition) is 4. The number of nitrogens with zero attached hydrogens (tertiary/aromatic N) is 3. The molecule has 0 radical (unpaired) electrons. The molecule has 0 fully saturated rings. The molecule has 0 aliphatic rings. The van der Waals surface area contributed by atoms with Crippen LogP contribution in [0.5, 0.6) is 0 Å². The van der Waals surface area contributed by atoms with E-state index in [0.29, 0.717) is 0 Å². The fourth-order valence-corrected chi connectivity index (χ4v) is 1.35. The summed E-state index contributed by atoms with van der Waals surface area (Å²) in [6.07, 6.45) is -3.89. The highest BCUT2D eigenvalue weighted by molar-refractivity contribution is 5.84. The molecule has 1 aromatic rings. The minimum Gasteiger partial charge on any atom is -0.476 e. The molecule has 0 bridgehead atoms. The van der Waals surface area contributed by atoms with E-state index in [0.717, 1.165) is 0 Å². The molecule has 1 heterocycles. The van der Waals surface area contributed by atoms with E-state index in [1.807, 2.05) is 0 Å². The first-order chi connectivity index (χ1) is 8.28. The van der Waals surface area contributed by atoms with Gasteiger partial charge in [0.15, 0.2) is 5.69 Å². The maximum atomic E-state index is 12.0. The molecule has 0 aromatic carbocycles. The number of aromatic carboxylic acids is 1. The predicted molar refractivity (Wildman–Crippen MR) is 55.1 cm³/mol. The van der Waals surface area contributed by atoms with Crippen LogP contribution in [-0.4, -0.2) is 44.8 Å². The lowest BCUT2D eigenvalue weighted by Gasteiger charge is -2.15. The molecular weight excluding hydrogens is 253 g/mol. The van der Waals surface area contributed by atoms with Gasteiger partial charge in [-0.05, 0) is 6.92 Å². The van der Waals surface area contributed by atoms with E-state index in [9.17, 15) is 18.0 Å². The highest BCUT2D eigenvalue weighted by Gasteiger charge is 2.29. The van der Waals surface area contributed by atoms with Crippen molar-refractivity contribution < 1.29 is 23.1 Å². The number of carboxylic acids is 1. The SMILES string of the molecule is CC(CC(F)(F)F)NCCn1cc(C(=O)O)nn1. The van der Waals surface area contributed by atoms with E-state index in [1.165, 1.54) is 17.8 Å². The summed E-state index contributed by atoms with van der Waals surface area (Å²) in [7, 11) is 0.